The van der Waals surface area contributed by atoms with E-state index in [-0.39, 0.29) is 6.04 Å². The van der Waals surface area contributed by atoms with Gasteiger partial charge >= 0.3 is 0 Å². The van der Waals surface area contributed by atoms with Crippen molar-refractivity contribution in [2.24, 2.45) is 0 Å². The fourth-order valence-corrected chi connectivity index (χ4v) is 6.89. The molecule has 0 aliphatic heterocycles. The summed E-state index contributed by atoms with van der Waals surface area (Å²) >= 11 is 1.94. The van der Waals surface area contributed by atoms with E-state index in [1.807, 2.05) is 18.0 Å². The Kier molecular flexibility index (Phi) is 6.09. The molecule has 3 aromatic rings. The minimum absolute atomic E-state index is 0.169. The van der Waals surface area contributed by atoms with Crippen LogP contribution in [0.15, 0.2) is 89.5 Å². The second-order valence-electron chi connectivity index (χ2n) is 6.64. The van der Waals surface area contributed by atoms with Crippen LogP contribution in [0.25, 0.3) is 0 Å². The highest BCUT2D eigenvalue weighted by Gasteiger charge is 2.26. The van der Waals surface area contributed by atoms with Gasteiger partial charge < -0.3 is 0 Å². The molecule has 3 nitrogen and oxygen atoms in total. The third kappa shape index (κ3) is 3.85. The summed E-state index contributed by atoms with van der Waals surface area (Å²) in [5, 5.41) is 11.5. The zero-order valence-corrected chi connectivity index (χ0v) is 17.9. The molecule has 0 N–H and O–H groups in total. The molecule has 5 heteroatoms. The molecule has 0 fully saturated rings. The van der Waals surface area contributed by atoms with Gasteiger partial charge in [-0.25, -0.2) is 4.68 Å². The maximum absolute atomic E-state index is 4.53. The molecule has 0 radical (unpaired) electrons. The summed E-state index contributed by atoms with van der Waals surface area (Å²) in [6.45, 7) is 4.45. The SMILES string of the molecule is CCSC1=C([C@H](C)n2nncc2P(c2ccccc2)c2ccccc2)C=CC1. The van der Waals surface area contributed by atoms with Crippen LogP contribution in [0.2, 0.25) is 0 Å². The van der Waals surface area contributed by atoms with Crippen LogP contribution in [0.3, 0.4) is 0 Å². The van der Waals surface area contributed by atoms with E-state index in [0.29, 0.717) is 0 Å². The Bertz CT molecular complexity index is 940. The first kappa shape index (κ1) is 19.2. The molecule has 142 valence electrons. The van der Waals surface area contributed by atoms with E-state index in [9.17, 15) is 0 Å². The Morgan fingerprint density at radius 1 is 1.04 bits per heavy atom. The third-order valence-electron chi connectivity index (χ3n) is 4.87. The molecule has 0 saturated carbocycles. The van der Waals surface area contributed by atoms with Crippen molar-refractivity contribution in [2.45, 2.75) is 26.3 Å². The van der Waals surface area contributed by atoms with Crippen LogP contribution < -0.4 is 16.0 Å². The Balaban J connectivity index is 1.79. The first-order valence-corrected chi connectivity index (χ1v) is 11.9. The molecule has 1 aromatic heterocycles. The van der Waals surface area contributed by atoms with E-state index in [4.69, 9.17) is 0 Å². The van der Waals surface area contributed by atoms with Crippen LogP contribution in [0, 0.1) is 0 Å². The van der Waals surface area contributed by atoms with Crippen LogP contribution in [-0.4, -0.2) is 20.7 Å². The number of hydrogen-bond acceptors (Lipinski definition) is 3. The summed E-state index contributed by atoms with van der Waals surface area (Å²) in [5.74, 6) is 1.10. The van der Waals surface area contributed by atoms with Crippen molar-refractivity contribution in [1.29, 1.82) is 0 Å². The Labute approximate surface area is 172 Å². The zero-order valence-electron chi connectivity index (χ0n) is 16.2. The molecule has 2 aromatic carbocycles. The summed E-state index contributed by atoms with van der Waals surface area (Å²) in [7, 11) is -0.714. The summed E-state index contributed by atoms with van der Waals surface area (Å²) in [5.41, 5.74) is 2.56. The van der Waals surface area contributed by atoms with Crippen molar-refractivity contribution in [2.75, 3.05) is 5.75 Å². The van der Waals surface area contributed by atoms with E-state index in [1.165, 1.54) is 26.5 Å². The minimum atomic E-state index is -0.714. The Morgan fingerprint density at radius 2 is 1.68 bits per heavy atom. The Hall–Kier alpha value is -2.16. The summed E-state index contributed by atoms with van der Waals surface area (Å²) in [6, 6.07) is 21.6. The molecule has 0 amide bonds. The van der Waals surface area contributed by atoms with Crippen LogP contribution in [0.5, 0.6) is 0 Å². The predicted molar refractivity (Wildman–Crippen MR) is 122 cm³/mol. The number of hydrogen-bond donors (Lipinski definition) is 0. The van der Waals surface area contributed by atoms with Gasteiger partial charge in [0.05, 0.1) is 17.7 Å². The highest BCUT2D eigenvalue weighted by Crippen LogP contribution is 2.37. The molecular weight excluding hydrogens is 381 g/mol. The van der Waals surface area contributed by atoms with Gasteiger partial charge in [0.15, 0.2) is 0 Å². The lowest BCUT2D eigenvalue weighted by Gasteiger charge is -2.23. The van der Waals surface area contributed by atoms with Crippen molar-refractivity contribution in [1.82, 2.24) is 15.0 Å². The molecule has 28 heavy (non-hydrogen) atoms. The number of allylic oxidation sites excluding steroid dienone is 4. The van der Waals surface area contributed by atoms with Gasteiger partial charge in [0.2, 0.25) is 0 Å². The molecule has 0 saturated heterocycles. The smallest absolute Gasteiger partial charge is 0.0910 e. The average Bonchev–Trinajstić information content (AvgIpc) is 3.40. The average molecular weight is 406 g/mol. The van der Waals surface area contributed by atoms with Crippen LogP contribution in [0.1, 0.15) is 26.3 Å². The third-order valence-corrected chi connectivity index (χ3v) is 8.32. The first-order valence-electron chi connectivity index (χ1n) is 9.62. The second-order valence-corrected chi connectivity index (χ2v) is 10.2. The molecule has 1 heterocycles. The van der Waals surface area contributed by atoms with Crippen LogP contribution in [0.4, 0.5) is 0 Å². The normalized spacial score (nSPS) is 14.8. The van der Waals surface area contributed by atoms with E-state index >= 15 is 0 Å². The number of thioether (sulfide) groups is 1. The number of nitrogens with zero attached hydrogens (tertiary/aromatic N) is 3. The second kappa shape index (κ2) is 8.89. The minimum Gasteiger partial charge on any atom is -0.237 e. The van der Waals surface area contributed by atoms with Crippen molar-refractivity contribution in [3.63, 3.8) is 0 Å². The van der Waals surface area contributed by atoms with Gasteiger partial charge in [0.1, 0.15) is 0 Å². The van der Waals surface area contributed by atoms with Gasteiger partial charge in [-0.05, 0) is 40.2 Å². The molecule has 0 unspecified atom stereocenters. The highest BCUT2D eigenvalue weighted by atomic mass is 32.2. The fraction of sp³-hybridized carbons (Fsp3) is 0.217. The molecular formula is C23H24N3PS. The molecule has 0 bridgehead atoms. The lowest BCUT2D eigenvalue weighted by molar-refractivity contribution is 0.554. The van der Waals surface area contributed by atoms with Gasteiger partial charge in [0.25, 0.3) is 0 Å². The maximum Gasteiger partial charge on any atom is 0.0910 e. The monoisotopic (exact) mass is 405 g/mol. The Morgan fingerprint density at radius 3 is 2.29 bits per heavy atom. The highest BCUT2D eigenvalue weighted by molar-refractivity contribution is 8.03. The quantitative estimate of drug-likeness (QED) is 0.540. The lowest BCUT2D eigenvalue weighted by atomic mass is 10.1. The van der Waals surface area contributed by atoms with Gasteiger partial charge in [-0.3, -0.25) is 0 Å². The summed E-state index contributed by atoms with van der Waals surface area (Å²) in [4.78, 5) is 1.46. The molecule has 4 rings (SSSR count). The fourth-order valence-electron chi connectivity index (χ4n) is 3.57. The van der Waals surface area contributed by atoms with E-state index < -0.39 is 7.92 Å². The van der Waals surface area contributed by atoms with Crippen LogP contribution in [-0.2, 0) is 0 Å². The van der Waals surface area contributed by atoms with Crippen molar-refractivity contribution >= 4 is 35.7 Å². The van der Waals surface area contributed by atoms with E-state index in [0.717, 1.165) is 12.2 Å². The van der Waals surface area contributed by atoms with Crippen molar-refractivity contribution < 1.29 is 0 Å². The molecule has 1 aliphatic rings. The van der Waals surface area contributed by atoms with Gasteiger partial charge in [-0.15, -0.1) is 16.9 Å². The van der Waals surface area contributed by atoms with Gasteiger partial charge in [0, 0.05) is 7.92 Å². The molecule has 1 atom stereocenters. The lowest BCUT2D eigenvalue weighted by Crippen LogP contribution is -2.29. The topological polar surface area (TPSA) is 30.7 Å². The summed E-state index contributed by atoms with van der Waals surface area (Å²) in [6.07, 6.45) is 7.52. The van der Waals surface area contributed by atoms with E-state index in [2.05, 4.69) is 102 Å². The maximum atomic E-state index is 4.53. The predicted octanol–water partition coefficient (Wildman–Crippen LogP) is 4.56. The number of rotatable bonds is 7. The number of aromatic nitrogens is 3. The molecule has 0 spiro atoms. The largest absolute Gasteiger partial charge is 0.237 e. The first-order chi connectivity index (χ1) is 13.8. The number of benzene rings is 2. The standard InChI is InChI=1S/C23H24N3PS/c1-3-28-22-16-10-15-21(22)18(2)26-23(17-24-25-26)27(19-11-6-4-7-12-19)20-13-8-5-9-14-20/h4-15,17-18H,3,16H2,1-2H3/t18-/m0/s1. The van der Waals surface area contributed by atoms with Crippen LogP contribution >= 0.6 is 19.7 Å². The van der Waals surface area contributed by atoms with E-state index in [1.54, 1.807) is 0 Å². The van der Waals surface area contributed by atoms with Gasteiger partial charge in [-0.1, -0.05) is 85.0 Å². The van der Waals surface area contributed by atoms with Crippen molar-refractivity contribution in [3.05, 3.63) is 89.5 Å². The zero-order chi connectivity index (χ0) is 19.3. The molecule has 1 aliphatic carbocycles. The van der Waals surface area contributed by atoms with Gasteiger partial charge in [-0.2, -0.15) is 0 Å². The summed E-state index contributed by atoms with van der Waals surface area (Å²) < 4.78 is 2.13. The van der Waals surface area contributed by atoms with Crippen molar-refractivity contribution in [3.8, 4) is 0 Å².